The zero-order valence-electron chi connectivity index (χ0n) is 36.6. The van der Waals surface area contributed by atoms with Crippen LogP contribution in [0.5, 0.6) is 11.5 Å². The van der Waals surface area contributed by atoms with Gasteiger partial charge in [-0.05, 0) is 147 Å². The number of aliphatic imine (C=N–C) groups is 1. The van der Waals surface area contributed by atoms with Gasteiger partial charge >= 0.3 is 0 Å². The Kier molecular flexibility index (Phi) is 9.49. The fourth-order valence-electron chi connectivity index (χ4n) is 9.88. The van der Waals surface area contributed by atoms with E-state index in [0.717, 1.165) is 65.2 Å². The molecule has 0 spiro atoms. The Morgan fingerprint density at radius 2 is 1.44 bits per heavy atom. The molecule has 0 fully saturated rings. The molecule has 8 rings (SSSR count). The summed E-state index contributed by atoms with van der Waals surface area (Å²) in [6.45, 7) is 30.0. The molecule has 0 saturated carbocycles. The highest BCUT2D eigenvalue weighted by Gasteiger charge is 2.40. The van der Waals surface area contributed by atoms with Gasteiger partial charge in [-0.3, -0.25) is 4.57 Å². The molecule has 57 heavy (non-hydrogen) atoms. The maximum absolute atomic E-state index is 7.09. The Balaban J connectivity index is 1.32. The molecule has 0 amide bonds. The van der Waals surface area contributed by atoms with Gasteiger partial charge in [-0.2, -0.15) is 0 Å². The normalized spacial score (nSPS) is 17.3. The lowest BCUT2D eigenvalue weighted by Gasteiger charge is -2.35. The molecule has 0 N–H and O–H groups in total. The number of benzene rings is 4. The molecular weight excluding hydrogens is 699 g/mol. The van der Waals surface area contributed by atoms with Crippen LogP contribution < -0.4 is 4.74 Å². The number of ether oxygens (including phenoxy) is 2. The Bertz CT molecular complexity index is 2590. The van der Waals surface area contributed by atoms with Gasteiger partial charge in [0.2, 0.25) is 5.90 Å². The maximum atomic E-state index is 7.09. The van der Waals surface area contributed by atoms with Crippen molar-refractivity contribution >= 4 is 27.7 Å². The zero-order valence-corrected chi connectivity index (χ0v) is 36.6. The first-order chi connectivity index (χ1) is 26.9. The van der Waals surface area contributed by atoms with Crippen molar-refractivity contribution in [2.45, 2.75) is 132 Å². The molecule has 5 nitrogen and oxygen atoms in total. The summed E-state index contributed by atoms with van der Waals surface area (Å²) in [5.74, 6) is 3.77. The van der Waals surface area contributed by atoms with Gasteiger partial charge in [-0.25, -0.2) is 9.98 Å². The number of rotatable bonds is 9. The summed E-state index contributed by atoms with van der Waals surface area (Å²) < 4.78 is 16.0. The molecule has 0 unspecified atom stereocenters. The standard InChI is InChI=1S/C52H61N3O2/c1-14-16-37(17-15-2)52(13)29-56-49(54-52)36-22-35(46-33(6)18-30(3)19-34(46)7)23-39(24-36)57-45-27-44-40(21-32(45)5)41-25-38(50(8,9)10)26-42-47(41)55(44)48-43(51(42,11)12)20-31(4)28-53-48/h18-28,37H,14-17,29H2,1-13H3/t52-/m0/s1. The summed E-state index contributed by atoms with van der Waals surface area (Å²) in [4.78, 5) is 10.5. The second-order valence-electron chi connectivity index (χ2n) is 19.1. The third kappa shape index (κ3) is 6.55. The lowest BCUT2D eigenvalue weighted by Crippen LogP contribution is -2.34. The van der Waals surface area contributed by atoms with Crippen molar-refractivity contribution < 1.29 is 9.47 Å². The minimum Gasteiger partial charge on any atom is -0.475 e. The largest absolute Gasteiger partial charge is 0.475 e. The van der Waals surface area contributed by atoms with Gasteiger partial charge in [0.1, 0.15) is 23.9 Å². The number of pyridine rings is 1. The van der Waals surface area contributed by atoms with Crippen molar-refractivity contribution in [1.29, 1.82) is 0 Å². The van der Waals surface area contributed by atoms with Crippen LogP contribution in [-0.4, -0.2) is 27.6 Å². The average Bonchev–Trinajstić information content (AvgIpc) is 3.68. The van der Waals surface area contributed by atoms with Crippen LogP contribution in [0.4, 0.5) is 0 Å². The van der Waals surface area contributed by atoms with Gasteiger partial charge < -0.3 is 9.47 Å². The Labute approximate surface area is 340 Å². The van der Waals surface area contributed by atoms with Crippen LogP contribution in [0.25, 0.3) is 38.8 Å². The van der Waals surface area contributed by atoms with Crippen LogP contribution in [0.1, 0.15) is 131 Å². The Morgan fingerprint density at radius 1 is 0.754 bits per heavy atom. The molecule has 2 aliphatic heterocycles. The highest BCUT2D eigenvalue weighted by atomic mass is 16.5. The predicted octanol–water partition coefficient (Wildman–Crippen LogP) is 13.9. The smallest absolute Gasteiger partial charge is 0.216 e. The van der Waals surface area contributed by atoms with Crippen molar-refractivity contribution in [2.24, 2.45) is 10.9 Å². The van der Waals surface area contributed by atoms with E-state index in [4.69, 9.17) is 19.5 Å². The molecule has 0 bridgehead atoms. The maximum Gasteiger partial charge on any atom is 0.216 e. The first-order valence-corrected chi connectivity index (χ1v) is 21.2. The lowest BCUT2D eigenvalue weighted by atomic mass is 9.73. The van der Waals surface area contributed by atoms with Gasteiger partial charge in [0, 0.05) is 39.6 Å². The number of aromatic nitrogens is 2. The minimum atomic E-state index is -0.253. The third-order valence-electron chi connectivity index (χ3n) is 12.9. The van der Waals surface area contributed by atoms with Crippen LogP contribution in [0, 0.1) is 40.5 Å². The summed E-state index contributed by atoms with van der Waals surface area (Å²) in [5, 5.41) is 2.48. The zero-order chi connectivity index (χ0) is 40.8. The minimum absolute atomic E-state index is 0.00696. The first kappa shape index (κ1) is 38.9. The van der Waals surface area contributed by atoms with Gasteiger partial charge in [0.15, 0.2) is 0 Å². The molecule has 5 heteroatoms. The second-order valence-corrected chi connectivity index (χ2v) is 19.1. The topological polar surface area (TPSA) is 48.6 Å². The Hall–Kier alpha value is -4.90. The van der Waals surface area contributed by atoms with Crippen molar-refractivity contribution in [2.75, 3.05) is 6.61 Å². The van der Waals surface area contributed by atoms with E-state index in [1.54, 1.807) is 0 Å². The van der Waals surface area contributed by atoms with Crippen LogP contribution in [-0.2, 0) is 15.6 Å². The van der Waals surface area contributed by atoms with E-state index in [2.05, 4.69) is 155 Å². The van der Waals surface area contributed by atoms with Crippen LogP contribution >= 0.6 is 0 Å². The lowest BCUT2D eigenvalue weighted by molar-refractivity contribution is 0.188. The average molecular weight is 760 g/mol. The number of nitrogens with zero attached hydrogens (tertiary/aromatic N) is 3. The summed E-state index contributed by atoms with van der Waals surface area (Å²) in [6, 6.07) is 22.8. The molecule has 4 heterocycles. The highest BCUT2D eigenvalue weighted by molar-refractivity contribution is 6.12. The summed E-state index contributed by atoms with van der Waals surface area (Å²) in [5.41, 5.74) is 15.1. The first-order valence-electron chi connectivity index (χ1n) is 21.2. The summed E-state index contributed by atoms with van der Waals surface area (Å²) in [7, 11) is 0. The Morgan fingerprint density at radius 3 is 2.11 bits per heavy atom. The van der Waals surface area contributed by atoms with E-state index < -0.39 is 0 Å². The second kappa shape index (κ2) is 13.9. The number of hydrogen-bond donors (Lipinski definition) is 0. The SMILES string of the molecule is CCCC(CCC)[C@]1(C)COC(c2cc(Oc3cc4c(cc3C)c3cc(C(C)(C)C)cc5c3n4-c3ncc(C)cc3C5(C)C)cc(-c3c(C)cc(C)cc3C)c2)=N1. The third-order valence-corrected chi connectivity index (χ3v) is 12.9. The van der Waals surface area contributed by atoms with Gasteiger partial charge in [0.25, 0.3) is 0 Å². The molecule has 0 saturated heterocycles. The monoisotopic (exact) mass is 759 g/mol. The van der Waals surface area contributed by atoms with Gasteiger partial charge in [-0.1, -0.05) is 85.1 Å². The molecule has 2 aromatic heterocycles. The molecular formula is C52H61N3O2. The van der Waals surface area contributed by atoms with E-state index in [1.807, 2.05) is 6.20 Å². The molecule has 1 atom stereocenters. The van der Waals surface area contributed by atoms with Gasteiger partial charge in [-0.15, -0.1) is 0 Å². The molecule has 2 aliphatic rings. The summed E-state index contributed by atoms with van der Waals surface area (Å²) >= 11 is 0. The molecule has 0 radical (unpaired) electrons. The van der Waals surface area contributed by atoms with Crippen molar-refractivity contribution in [3.05, 3.63) is 117 Å². The molecule has 296 valence electrons. The molecule has 0 aliphatic carbocycles. The predicted molar refractivity (Wildman–Crippen MR) is 239 cm³/mol. The number of aryl methyl sites for hydroxylation is 5. The van der Waals surface area contributed by atoms with Crippen LogP contribution in [0.2, 0.25) is 0 Å². The van der Waals surface area contributed by atoms with E-state index in [0.29, 0.717) is 18.4 Å². The van der Waals surface area contributed by atoms with Gasteiger partial charge in [0.05, 0.1) is 16.6 Å². The quantitative estimate of drug-likeness (QED) is 0.147. The van der Waals surface area contributed by atoms with Crippen LogP contribution in [0.3, 0.4) is 0 Å². The van der Waals surface area contributed by atoms with E-state index in [1.165, 1.54) is 60.8 Å². The van der Waals surface area contributed by atoms with Crippen molar-refractivity contribution in [3.63, 3.8) is 0 Å². The van der Waals surface area contributed by atoms with E-state index in [9.17, 15) is 0 Å². The number of fused-ring (bicyclic) bond motifs is 5. The summed E-state index contributed by atoms with van der Waals surface area (Å²) in [6.07, 6.45) is 6.58. The fraction of sp³-hybridized carbons (Fsp3) is 0.423. The number of hydrogen-bond acceptors (Lipinski definition) is 4. The molecule has 4 aromatic carbocycles. The highest BCUT2D eigenvalue weighted by Crippen LogP contribution is 2.50. The van der Waals surface area contributed by atoms with E-state index >= 15 is 0 Å². The fourth-order valence-corrected chi connectivity index (χ4v) is 9.88. The van der Waals surface area contributed by atoms with Crippen molar-refractivity contribution in [3.8, 4) is 28.4 Å². The van der Waals surface area contributed by atoms with Crippen LogP contribution in [0.15, 0.2) is 71.9 Å². The molecule has 6 aromatic rings. The van der Waals surface area contributed by atoms with Crippen molar-refractivity contribution in [1.82, 2.24) is 9.55 Å². The van der Waals surface area contributed by atoms with E-state index in [-0.39, 0.29) is 16.4 Å².